The van der Waals surface area contributed by atoms with Gasteiger partial charge in [0.05, 0.1) is 37.2 Å². The van der Waals surface area contributed by atoms with Crippen LogP contribution in [0, 0.1) is 0 Å². The van der Waals surface area contributed by atoms with Gasteiger partial charge in [0.1, 0.15) is 11.6 Å². The van der Waals surface area contributed by atoms with Gasteiger partial charge in [-0.25, -0.2) is 9.78 Å². The van der Waals surface area contributed by atoms with Gasteiger partial charge in [-0.05, 0) is 48.7 Å². The molecule has 1 heterocycles. The number of aromatic nitrogens is 2. The van der Waals surface area contributed by atoms with E-state index in [2.05, 4.69) is 14.9 Å². The van der Waals surface area contributed by atoms with E-state index in [0.29, 0.717) is 34.9 Å². The van der Waals surface area contributed by atoms with Gasteiger partial charge in [-0.1, -0.05) is 12.1 Å². The van der Waals surface area contributed by atoms with Crippen LogP contribution in [0.5, 0.6) is 5.75 Å². The van der Waals surface area contributed by atoms with Crippen LogP contribution in [0.1, 0.15) is 34.6 Å². The third-order valence-corrected chi connectivity index (χ3v) is 5.14. The van der Waals surface area contributed by atoms with Crippen LogP contribution < -0.4 is 10.3 Å². The highest BCUT2D eigenvalue weighted by atomic mass is 16.5. The van der Waals surface area contributed by atoms with Gasteiger partial charge in [-0.15, -0.1) is 0 Å². The average molecular weight is 393 g/mol. The normalized spacial score (nSPS) is 13.6. The number of benzene rings is 2. The Balaban J connectivity index is 1.59. The van der Waals surface area contributed by atoms with Crippen LogP contribution >= 0.6 is 0 Å². The van der Waals surface area contributed by atoms with Crippen LogP contribution in [-0.2, 0) is 17.8 Å². The van der Waals surface area contributed by atoms with E-state index in [4.69, 9.17) is 9.47 Å². The lowest BCUT2D eigenvalue weighted by atomic mass is 10.1. The molecule has 0 radical (unpaired) electrons. The minimum Gasteiger partial charge on any atom is -0.497 e. The number of nitrogens with zero attached hydrogens (tertiary/aromatic N) is 2. The molecule has 0 amide bonds. The van der Waals surface area contributed by atoms with E-state index in [1.165, 1.54) is 12.7 Å². The van der Waals surface area contributed by atoms with Crippen molar-refractivity contribution in [1.82, 2.24) is 14.9 Å². The fourth-order valence-electron chi connectivity index (χ4n) is 3.42. The highest BCUT2D eigenvalue weighted by Gasteiger charge is 2.29. The molecule has 0 spiro atoms. The number of nitrogens with one attached hydrogen (secondary N) is 1. The monoisotopic (exact) mass is 393 g/mol. The molecule has 0 atom stereocenters. The van der Waals surface area contributed by atoms with Crippen molar-refractivity contribution in [2.75, 3.05) is 14.2 Å². The predicted molar refractivity (Wildman–Crippen MR) is 109 cm³/mol. The average Bonchev–Trinajstić information content (AvgIpc) is 3.58. The molecule has 1 aromatic heterocycles. The first kappa shape index (κ1) is 19.1. The Morgan fingerprint density at radius 3 is 2.55 bits per heavy atom. The van der Waals surface area contributed by atoms with Crippen molar-refractivity contribution < 1.29 is 14.3 Å². The number of ether oxygens (including phenoxy) is 2. The molecule has 2 aromatic carbocycles. The van der Waals surface area contributed by atoms with Crippen LogP contribution in [0.3, 0.4) is 0 Å². The largest absolute Gasteiger partial charge is 0.497 e. The number of hydrogen-bond donors (Lipinski definition) is 1. The second kappa shape index (κ2) is 8.05. The smallest absolute Gasteiger partial charge is 0.337 e. The third kappa shape index (κ3) is 4.30. The Labute approximate surface area is 168 Å². The minimum absolute atomic E-state index is 0.207. The Morgan fingerprint density at radius 1 is 1.14 bits per heavy atom. The molecule has 3 aromatic rings. The number of methoxy groups -OCH3 is 2. The molecule has 29 heavy (non-hydrogen) atoms. The van der Waals surface area contributed by atoms with Gasteiger partial charge in [0.15, 0.2) is 0 Å². The van der Waals surface area contributed by atoms with Crippen LogP contribution in [0.2, 0.25) is 0 Å². The molecule has 1 saturated carbocycles. The van der Waals surface area contributed by atoms with Gasteiger partial charge in [0, 0.05) is 12.6 Å². The molecule has 150 valence electrons. The maximum atomic E-state index is 12.5. The topological polar surface area (TPSA) is 84.5 Å². The first-order valence-corrected chi connectivity index (χ1v) is 9.55. The first-order valence-electron chi connectivity index (χ1n) is 9.55. The van der Waals surface area contributed by atoms with Crippen LogP contribution in [0.4, 0.5) is 0 Å². The summed E-state index contributed by atoms with van der Waals surface area (Å²) in [6.07, 6.45) is 2.28. The summed E-state index contributed by atoms with van der Waals surface area (Å²) in [4.78, 5) is 34.1. The van der Waals surface area contributed by atoms with E-state index in [1.807, 2.05) is 24.3 Å². The maximum absolute atomic E-state index is 12.5. The molecule has 0 bridgehead atoms. The van der Waals surface area contributed by atoms with E-state index in [0.717, 1.165) is 25.1 Å². The van der Waals surface area contributed by atoms with Crippen molar-refractivity contribution in [1.29, 1.82) is 0 Å². The number of aromatic amines is 1. The summed E-state index contributed by atoms with van der Waals surface area (Å²) in [5.41, 5.74) is 1.84. The molecule has 1 N–H and O–H groups in total. The fourth-order valence-corrected chi connectivity index (χ4v) is 3.42. The molecular weight excluding hydrogens is 370 g/mol. The zero-order valence-corrected chi connectivity index (χ0v) is 16.5. The van der Waals surface area contributed by atoms with E-state index in [-0.39, 0.29) is 5.56 Å². The number of hydrogen-bond acceptors (Lipinski definition) is 6. The van der Waals surface area contributed by atoms with Crippen LogP contribution in [0.25, 0.3) is 10.9 Å². The molecule has 0 aliphatic heterocycles. The second-order valence-corrected chi connectivity index (χ2v) is 7.22. The SMILES string of the molecule is COC(=O)c1ccc2c(=O)[nH]c(CN(Cc3ccc(OC)cc3)C3CC3)nc2c1. The molecule has 1 fully saturated rings. The van der Waals surface area contributed by atoms with Crippen LogP contribution in [-0.4, -0.2) is 41.1 Å². The number of H-pyrrole nitrogens is 1. The Hall–Kier alpha value is -3.19. The molecule has 1 aliphatic rings. The summed E-state index contributed by atoms with van der Waals surface area (Å²) in [6, 6.07) is 13.3. The predicted octanol–water partition coefficient (Wildman–Crippen LogP) is 2.88. The maximum Gasteiger partial charge on any atom is 0.337 e. The van der Waals surface area contributed by atoms with Gasteiger partial charge in [-0.3, -0.25) is 9.69 Å². The number of rotatable bonds is 7. The van der Waals surface area contributed by atoms with E-state index in [9.17, 15) is 9.59 Å². The molecule has 7 nitrogen and oxygen atoms in total. The summed E-state index contributed by atoms with van der Waals surface area (Å²) < 4.78 is 9.98. The second-order valence-electron chi connectivity index (χ2n) is 7.22. The lowest BCUT2D eigenvalue weighted by molar-refractivity contribution is 0.0601. The summed E-state index contributed by atoms with van der Waals surface area (Å²) in [5.74, 6) is 0.966. The quantitative estimate of drug-likeness (QED) is 0.622. The Kier molecular flexibility index (Phi) is 5.31. The summed E-state index contributed by atoms with van der Waals surface area (Å²) in [7, 11) is 2.98. The molecule has 7 heteroatoms. The van der Waals surface area contributed by atoms with E-state index < -0.39 is 5.97 Å². The van der Waals surface area contributed by atoms with Crippen molar-refractivity contribution in [3.05, 3.63) is 69.8 Å². The third-order valence-electron chi connectivity index (χ3n) is 5.14. The van der Waals surface area contributed by atoms with Crippen molar-refractivity contribution in [2.45, 2.75) is 32.0 Å². The minimum atomic E-state index is -0.449. The molecule has 0 saturated heterocycles. The zero-order chi connectivity index (χ0) is 20.4. The van der Waals surface area contributed by atoms with Crippen molar-refractivity contribution >= 4 is 16.9 Å². The number of carbonyl (C=O) groups excluding carboxylic acids is 1. The van der Waals surface area contributed by atoms with E-state index in [1.54, 1.807) is 25.3 Å². The van der Waals surface area contributed by atoms with Crippen LogP contribution in [0.15, 0.2) is 47.3 Å². The first-order chi connectivity index (χ1) is 14.1. The summed E-state index contributed by atoms with van der Waals surface area (Å²) in [5, 5.41) is 0.453. The van der Waals surface area contributed by atoms with Gasteiger partial charge >= 0.3 is 5.97 Å². The van der Waals surface area contributed by atoms with Crippen molar-refractivity contribution in [3.8, 4) is 5.75 Å². The lowest BCUT2D eigenvalue weighted by Gasteiger charge is -2.21. The number of fused-ring (bicyclic) bond motifs is 1. The number of esters is 1. The standard InChI is InChI=1S/C22H23N3O4/c1-28-17-8-3-14(4-9-17)12-25(16-6-7-16)13-20-23-19-11-15(22(27)29-2)5-10-18(19)21(26)24-20/h3-5,8-11,16H,6-7,12-13H2,1-2H3,(H,23,24,26). The molecule has 4 rings (SSSR count). The van der Waals surface area contributed by atoms with E-state index >= 15 is 0 Å². The van der Waals surface area contributed by atoms with Gasteiger partial charge in [0.2, 0.25) is 0 Å². The fraction of sp³-hybridized carbons (Fsp3) is 0.318. The highest BCUT2D eigenvalue weighted by molar-refractivity contribution is 5.93. The zero-order valence-electron chi connectivity index (χ0n) is 16.5. The van der Waals surface area contributed by atoms with Crippen molar-refractivity contribution in [3.63, 3.8) is 0 Å². The molecule has 0 unspecified atom stereocenters. The van der Waals surface area contributed by atoms with Crippen molar-refractivity contribution in [2.24, 2.45) is 0 Å². The highest BCUT2D eigenvalue weighted by Crippen LogP contribution is 2.29. The number of carbonyl (C=O) groups is 1. The van der Waals surface area contributed by atoms with Gasteiger partial charge in [-0.2, -0.15) is 0 Å². The Bertz CT molecular complexity index is 1090. The lowest BCUT2D eigenvalue weighted by Crippen LogP contribution is -2.27. The molecular formula is C22H23N3O4. The molecule has 1 aliphatic carbocycles. The summed E-state index contributed by atoms with van der Waals surface area (Å²) >= 11 is 0. The Morgan fingerprint density at radius 2 is 1.90 bits per heavy atom. The van der Waals surface area contributed by atoms with Gasteiger partial charge < -0.3 is 14.5 Å². The van der Waals surface area contributed by atoms with Gasteiger partial charge in [0.25, 0.3) is 5.56 Å². The summed E-state index contributed by atoms with van der Waals surface area (Å²) in [6.45, 7) is 1.29.